The second-order valence-corrected chi connectivity index (χ2v) is 14.3. The fourth-order valence-electron chi connectivity index (χ4n) is 6.99. The first kappa shape index (κ1) is 36.8. The van der Waals surface area contributed by atoms with Gasteiger partial charge in [0.25, 0.3) is 0 Å². The van der Waals surface area contributed by atoms with Crippen molar-refractivity contribution >= 4 is 58.4 Å². The monoisotopic (exact) mass is 716 g/mol. The van der Waals surface area contributed by atoms with Gasteiger partial charge in [-0.2, -0.15) is 0 Å². The van der Waals surface area contributed by atoms with Crippen LogP contribution in [-0.4, -0.2) is 7.11 Å². The molecular weight excluding hydrogens is 669 g/mol. The number of aryl methyl sites for hydroxylation is 5. The minimum atomic E-state index is 0.852. The van der Waals surface area contributed by atoms with Gasteiger partial charge < -0.3 is 14.5 Å². The Hall–Kier alpha value is -6.58. The highest BCUT2D eigenvalue weighted by Crippen LogP contribution is 2.41. The third-order valence-electron chi connectivity index (χ3n) is 9.96. The number of rotatable bonds is 11. The molecule has 0 spiro atoms. The highest BCUT2D eigenvalue weighted by Gasteiger charge is 2.18. The lowest BCUT2D eigenvalue weighted by Gasteiger charge is -2.30. The molecule has 7 aromatic carbocycles. The van der Waals surface area contributed by atoms with Crippen molar-refractivity contribution in [2.24, 2.45) is 0 Å². The van der Waals surface area contributed by atoms with Gasteiger partial charge in [-0.1, -0.05) is 126 Å². The van der Waals surface area contributed by atoms with Crippen LogP contribution < -0.4 is 14.5 Å². The molecule has 0 aromatic heterocycles. The number of nitrogens with zero attached hydrogens (tertiary/aromatic N) is 2. The van der Waals surface area contributed by atoms with Crippen LogP contribution in [0.1, 0.15) is 50.1 Å². The van der Waals surface area contributed by atoms with E-state index in [9.17, 15) is 0 Å². The van der Waals surface area contributed by atoms with Gasteiger partial charge in [0.05, 0.1) is 7.11 Å². The van der Waals surface area contributed by atoms with E-state index >= 15 is 0 Å². The van der Waals surface area contributed by atoms with Crippen LogP contribution in [0.4, 0.5) is 34.1 Å². The van der Waals surface area contributed by atoms with Gasteiger partial charge in [-0.05, 0) is 141 Å². The lowest BCUT2D eigenvalue weighted by molar-refractivity contribution is 0.414. The second-order valence-electron chi connectivity index (χ2n) is 14.3. The van der Waals surface area contributed by atoms with E-state index in [4.69, 9.17) is 4.74 Å². The summed E-state index contributed by atoms with van der Waals surface area (Å²) in [5, 5.41) is 0. The molecule has 0 fully saturated rings. The molecule has 0 radical (unpaired) electrons. The zero-order valence-electron chi connectivity index (χ0n) is 32.6. The van der Waals surface area contributed by atoms with E-state index in [2.05, 4.69) is 208 Å². The van der Waals surface area contributed by atoms with Gasteiger partial charge >= 0.3 is 0 Å². The molecule has 3 heteroatoms. The van der Waals surface area contributed by atoms with E-state index in [1.165, 1.54) is 33.4 Å². The summed E-state index contributed by atoms with van der Waals surface area (Å²) in [4.78, 5) is 4.71. The molecule has 0 aliphatic carbocycles. The van der Waals surface area contributed by atoms with Gasteiger partial charge in [0.2, 0.25) is 0 Å². The van der Waals surface area contributed by atoms with Crippen molar-refractivity contribution in [3.63, 3.8) is 0 Å². The highest BCUT2D eigenvalue weighted by molar-refractivity contribution is 5.84. The number of ether oxygens (including phenoxy) is 1. The third-order valence-corrected chi connectivity index (χ3v) is 9.96. The van der Waals surface area contributed by atoms with Gasteiger partial charge in [-0.25, -0.2) is 0 Å². The Bertz CT molecular complexity index is 2440. The Kier molecular flexibility index (Phi) is 11.1. The molecule has 7 aromatic rings. The second kappa shape index (κ2) is 16.6. The predicted octanol–water partition coefficient (Wildman–Crippen LogP) is 14.5. The van der Waals surface area contributed by atoms with Gasteiger partial charge in [-0.15, -0.1) is 0 Å². The molecule has 7 rings (SSSR count). The van der Waals surface area contributed by atoms with Crippen LogP contribution in [0.5, 0.6) is 5.75 Å². The van der Waals surface area contributed by atoms with Gasteiger partial charge in [0.15, 0.2) is 0 Å². The molecular formula is C52H48N2O. The zero-order chi connectivity index (χ0) is 38.3. The molecule has 0 saturated heterocycles. The van der Waals surface area contributed by atoms with Gasteiger partial charge in [-0.3, -0.25) is 0 Å². The minimum absolute atomic E-state index is 0.852. The quantitative estimate of drug-likeness (QED) is 0.124. The summed E-state index contributed by atoms with van der Waals surface area (Å²) < 4.78 is 5.41. The van der Waals surface area contributed by atoms with Crippen molar-refractivity contribution in [3.05, 3.63) is 208 Å². The maximum absolute atomic E-state index is 5.41. The average molecular weight is 717 g/mol. The molecule has 0 saturated carbocycles. The van der Waals surface area contributed by atoms with Crippen LogP contribution >= 0.6 is 0 Å². The Morgan fingerprint density at radius 3 is 1.13 bits per heavy atom. The first-order valence-corrected chi connectivity index (χ1v) is 18.9. The maximum Gasteiger partial charge on any atom is 0.119 e. The molecule has 0 atom stereocenters. The van der Waals surface area contributed by atoms with Crippen LogP contribution in [0, 0.1) is 34.6 Å². The third kappa shape index (κ3) is 8.80. The Morgan fingerprint density at radius 2 is 0.727 bits per heavy atom. The van der Waals surface area contributed by atoms with Crippen LogP contribution in [0.3, 0.4) is 0 Å². The topological polar surface area (TPSA) is 15.7 Å². The fraction of sp³-hybridized carbons (Fsp3) is 0.115. The summed E-state index contributed by atoms with van der Waals surface area (Å²) in [6, 6.07) is 56.6. The van der Waals surface area contributed by atoms with Gasteiger partial charge in [0.1, 0.15) is 5.75 Å². The molecule has 0 N–H and O–H groups in total. The van der Waals surface area contributed by atoms with Crippen molar-refractivity contribution in [1.82, 2.24) is 0 Å². The summed E-state index contributed by atoms with van der Waals surface area (Å²) in [7, 11) is 1.70. The van der Waals surface area contributed by atoms with E-state index in [0.29, 0.717) is 0 Å². The summed E-state index contributed by atoms with van der Waals surface area (Å²) in [5.74, 6) is 0.852. The molecule has 0 amide bonds. The molecule has 0 aliphatic rings. The van der Waals surface area contributed by atoms with Crippen LogP contribution in [0.2, 0.25) is 0 Å². The molecule has 55 heavy (non-hydrogen) atoms. The molecule has 272 valence electrons. The Labute approximate surface area is 327 Å². The lowest BCUT2D eigenvalue weighted by Crippen LogP contribution is -2.13. The number of hydrogen-bond acceptors (Lipinski definition) is 3. The van der Waals surface area contributed by atoms with Crippen molar-refractivity contribution in [2.45, 2.75) is 34.6 Å². The summed E-state index contributed by atoms with van der Waals surface area (Å²) in [5.41, 5.74) is 17.5. The summed E-state index contributed by atoms with van der Waals surface area (Å²) in [6.45, 7) is 10.8. The van der Waals surface area contributed by atoms with E-state index in [1.807, 2.05) is 18.2 Å². The summed E-state index contributed by atoms with van der Waals surface area (Å²) in [6.07, 6.45) is 8.61. The minimum Gasteiger partial charge on any atom is -0.497 e. The van der Waals surface area contributed by atoms with Crippen LogP contribution in [0.25, 0.3) is 24.3 Å². The summed E-state index contributed by atoms with van der Waals surface area (Å²) >= 11 is 0. The normalized spacial score (nSPS) is 11.3. The van der Waals surface area contributed by atoms with Gasteiger partial charge in [0, 0.05) is 34.1 Å². The van der Waals surface area contributed by atoms with E-state index in [-0.39, 0.29) is 0 Å². The molecule has 0 aliphatic heterocycles. The van der Waals surface area contributed by atoms with E-state index in [1.54, 1.807) is 7.11 Å². The number of methoxy groups -OCH3 is 1. The molecule has 0 heterocycles. The van der Waals surface area contributed by atoms with Crippen LogP contribution in [0.15, 0.2) is 158 Å². The first-order chi connectivity index (χ1) is 26.7. The van der Waals surface area contributed by atoms with Crippen molar-refractivity contribution in [2.75, 3.05) is 16.9 Å². The molecule has 3 nitrogen and oxygen atoms in total. The largest absolute Gasteiger partial charge is 0.497 e. The number of anilines is 6. The molecule has 0 bridgehead atoms. The van der Waals surface area contributed by atoms with E-state index < -0.39 is 0 Å². The predicted molar refractivity (Wildman–Crippen MR) is 237 cm³/mol. The van der Waals surface area contributed by atoms with Crippen molar-refractivity contribution < 1.29 is 4.74 Å². The lowest BCUT2D eigenvalue weighted by atomic mass is 10.1. The van der Waals surface area contributed by atoms with E-state index in [0.717, 1.165) is 56.6 Å². The number of benzene rings is 7. The average Bonchev–Trinajstić information content (AvgIpc) is 3.20. The Balaban J connectivity index is 1.22. The standard InChI is InChI=1S/C52H48N2O/c1-37-10-14-42(15-11-37)16-17-43-20-24-46(25-21-43)53(51-32-12-38(2)34-40(51)4)48-28-30-49(31-29-48)54(52-33-13-39(3)35-41(52)5)47-26-22-44(23-27-47)18-19-45-8-7-9-50(36-45)55-6/h7-36H,1-6H3/b17-16+,19-18+. The van der Waals surface area contributed by atoms with Crippen molar-refractivity contribution in [1.29, 1.82) is 0 Å². The smallest absolute Gasteiger partial charge is 0.119 e. The zero-order valence-corrected chi connectivity index (χ0v) is 32.6. The molecule has 0 unspecified atom stereocenters. The number of hydrogen-bond donors (Lipinski definition) is 0. The van der Waals surface area contributed by atoms with Crippen molar-refractivity contribution in [3.8, 4) is 5.75 Å². The SMILES string of the molecule is COc1cccc(/C=C/c2ccc(N(c3ccc(N(c4ccc(/C=C/c5ccc(C)cc5)cc4)c4ccc(C)cc4C)cc3)c3ccc(C)cc3C)cc2)c1. The maximum atomic E-state index is 5.41. The van der Waals surface area contributed by atoms with Crippen LogP contribution in [-0.2, 0) is 0 Å². The first-order valence-electron chi connectivity index (χ1n) is 18.9. The highest BCUT2D eigenvalue weighted by atomic mass is 16.5. The Morgan fingerprint density at radius 1 is 0.364 bits per heavy atom. The fourth-order valence-corrected chi connectivity index (χ4v) is 6.99.